The van der Waals surface area contributed by atoms with Crippen molar-refractivity contribution in [3.05, 3.63) is 65.1 Å². The average molecular weight is 445 g/mol. The maximum Gasteiger partial charge on any atom is 0.312 e. The minimum Gasteiger partial charge on any atom is -0.413 e. The van der Waals surface area contributed by atoms with E-state index in [1.165, 1.54) is 47.8 Å². The van der Waals surface area contributed by atoms with Crippen LogP contribution in [0, 0.1) is 0 Å². The first-order valence-electron chi connectivity index (χ1n) is 9.86. The van der Waals surface area contributed by atoms with Crippen LogP contribution >= 0.6 is 0 Å². The first-order chi connectivity index (χ1) is 15.2. The van der Waals surface area contributed by atoms with Gasteiger partial charge in [-0.15, -0.1) is 10.2 Å². The molecule has 1 amide bonds. The first-order valence-corrected chi connectivity index (χ1v) is 9.86. The summed E-state index contributed by atoms with van der Waals surface area (Å²) >= 11 is 0. The number of fused-ring (bicyclic) bond motifs is 2. The van der Waals surface area contributed by atoms with Crippen LogP contribution in [0.15, 0.2) is 35.1 Å². The Morgan fingerprint density at radius 1 is 1.34 bits per heavy atom. The lowest BCUT2D eigenvalue weighted by Crippen LogP contribution is -2.41. The van der Waals surface area contributed by atoms with Gasteiger partial charge >= 0.3 is 11.8 Å². The maximum atomic E-state index is 14.1. The molecular formula is C20H18F3N7O2. The molecule has 5 heterocycles. The average Bonchev–Trinajstić information content (AvgIpc) is 3.50. The number of pyridine rings is 1. The van der Waals surface area contributed by atoms with Crippen molar-refractivity contribution in [2.24, 2.45) is 0 Å². The number of carbonyl (C=O) groups excluding carboxylic acids is 1. The van der Waals surface area contributed by atoms with E-state index >= 15 is 0 Å². The van der Waals surface area contributed by atoms with Crippen LogP contribution < -0.4 is 0 Å². The Morgan fingerprint density at radius 3 is 2.88 bits per heavy atom. The fraction of sp³-hybridized carbons (Fsp3) is 0.350. The summed E-state index contributed by atoms with van der Waals surface area (Å²) in [6.45, 7) is 2.74. The molecular weight excluding hydrogens is 427 g/mol. The van der Waals surface area contributed by atoms with E-state index in [2.05, 4.69) is 25.3 Å². The van der Waals surface area contributed by atoms with Crippen LogP contribution in [0.4, 0.5) is 13.2 Å². The Kier molecular flexibility index (Phi) is 4.53. The lowest BCUT2D eigenvalue weighted by Gasteiger charge is -2.32. The monoisotopic (exact) mass is 445 g/mol. The zero-order chi connectivity index (χ0) is 22.6. The number of imidazole rings is 1. The van der Waals surface area contributed by atoms with Gasteiger partial charge in [0.15, 0.2) is 5.67 Å². The van der Waals surface area contributed by atoms with E-state index in [1.54, 1.807) is 6.20 Å². The molecule has 1 atom stereocenters. The number of carbonyl (C=O) groups is 1. The molecule has 166 valence electrons. The van der Waals surface area contributed by atoms with Gasteiger partial charge in [-0.3, -0.25) is 4.79 Å². The second kappa shape index (κ2) is 7.18. The van der Waals surface area contributed by atoms with Crippen molar-refractivity contribution < 1.29 is 22.4 Å². The van der Waals surface area contributed by atoms with Crippen molar-refractivity contribution >= 4 is 11.4 Å². The van der Waals surface area contributed by atoms with Gasteiger partial charge in [-0.1, -0.05) is 0 Å². The van der Waals surface area contributed by atoms with E-state index in [1.807, 2.05) is 0 Å². The molecule has 0 aromatic carbocycles. The molecule has 9 nitrogen and oxygen atoms in total. The highest BCUT2D eigenvalue weighted by molar-refractivity contribution is 5.90. The highest BCUT2D eigenvalue weighted by Gasteiger charge is 2.39. The summed E-state index contributed by atoms with van der Waals surface area (Å²) < 4.78 is 47.7. The number of hydrogen-bond acceptors (Lipinski definition) is 6. The second-order valence-electron chi connectivity index (χ2n) is 7.97. The molecule has 0 saturated heterocycles. The molecule has 0 aliphatic carbocycles. The van der Waals surface area contributed by atoms with Gasteiger partial charge in [-0.05, 0) is 32.0 Å². The number of amides is 1. The molecule has 1 N–H and O–H groups in total. The SMILES string of the molecule is CC(C)(F)c1nnc(C(=O)N2CCc3[nH]cnc3[C@H]2c2cc3c(C(F)F)cccn3n2)o1. The highest BCUT2D eigenvalue weighted by Crippen LogP contribution is 2.35. The van der Waals surface area contributed by atoms with Gasteiger partial charge in [0.1, 0.15) is 6.04 Å². The van der Waals surface area contributed by atoms with Crippen LogP contribution in [-0.2, 0) is 12.1 Å². The number of rotatable bonds is 4. The van der Waals surface area contributed by atoms with Crippen molar-refractivity contribution in [3.8, 4) is 0 Å². The Balaban J connectivity index is 1.60. The normalized spacial score (nSPS) is 16.7. The van der Waals surface area contributed by atoms with Crippen molar-refractivity contribution in [1.82, 2.24) is 34.7 Å². The van der Waals surface area contributed by atoms with E-state index in [4.69, 9.17) is 4.42 Å². The number of alkyl halides is 3. The third-order valence-corrected chi connectivity index (χ3v) is 5.37. The minimum atomic E-state index is -2.69. The number of nitrogens with zero attached hydrogens (tertiary/aromatic N) is 6. The minimum absolute atomic E-state index is 0.172. The lowest BCUT2D eigenvalue weighted by molar-refractivity contribution is 0.0636. The van der Waals surface area contributed by atoms with Crippen LogP contribution in [0.1, 0.15) is 65.5 Å². The molecule has 32 heavy (non-hydrogen) atoms. The van der Waals surface area contributed by atoms with E-state index in [9.17, 15) is 18.0 Å². The summed E-state index contributed by atoms with van der Waals surface area (Å²) in [6, 6.07) is 3.54. The van der Waals surface area contributed by atoms with Gasteiger partial charge in [0.2, 0.25) is 0 Å². The van der Waals surface area contributed by atoms with E-state index in [-0.39, 0.29) is 29.4 Å². The molecule has 0 bridgehead atoms. The molecule has 0 radical (unpaired) electrons. The summed E-state index contributed by atoms with van der Waals surface area (Å²) in [4.78, 5) is 22.1. The molecule has 1 aliphatic heterocycles. The van der Waals surface area contributed by atoms with E-state index < -0.39 is 24.0 Å². The summed E-state index contributed by atoms with van der Waals surface area (Å²) in [5.41, 5.74) is -0.153. The van der Waals surface area contributed by atoms with Crippen molar-refractivity contribution in [2.75, 3.05) is 6.54 Å². The van der Waals surface area contributed by atoms with Crippen LogP contribution in [0.2, 0.25) is 0 Å². The predicted molar refractivity (Wildman–Crippen MR) is 104 cm³/mol. The third kappa shape index (κ3) is 3.22. The van der Waals surface area contributed by atoms with E-state index in [0.29, 0.717) is 17.8 Å². The molecule has 4 aromatic heterocycles. The fourth-order valence-electron chi connectivity index (χ4n) is 3.84. The number of hydrogen-bond donors (Lipinski definition) is 1. The van der Waals surface area contributed by atoms with Gasteiger partial charge < -0.3 is 14.3 Å². The molecule has 1 aliphatic rings. The second-order valence-corrected chi connectivity index (χ2v) is 7.97. The molecule has 4 aromatic rings. The number of aromatic nitrogens is 6. The molecule has 12 heteroatoms. The van der Waals surface area contributed by atoms with Gasteiger partial charge in [0.05, 0.1) is 23.2 Å². The highest BCUT2D eigenvalue weighted by atomic mass is 19.3. The Labute approximate surface area is 179 Å². The maximum absolute atomic E-state index is 14.1. The van der Waals surface area contributed by atoms with Gasteiger partial charge in [-0.25, -0.2) is 22.7 Å². The van der Waals surface area contributed by atoms with Gasteiger partial charge in [0, 0.05) is 30.4 Å². The summed E-state index contributed by atoms with van der Waals surface area (Å²) in [7, 11) is 0. The molecule has 0 unspecified atom stereocenters. The standard InChI is InChI=1S/C20H18F3N7O2/c1-20(2,23)19-27-26-17(32-19)18(31)29-7-5-11-14(25-9-24-11)15(29)12-8-13-10(16(21)22)4-3-6-30(13)28-12/h3-4,6,8-9,15-16H,5,7H2,1-2H3,(H,24,25)/t15-/m1/s1. The number of H-pyrrole nitrogens is 1. The zero-order valence-electron chi connectivity index (χ0n) is 17.1. The van der Waals surface area contributed by atoms with Crippen LogP contribution in [0.25, 0.3) is 5.52 Å². The molecule has 0 spiro atoms. The van der Waals surface area contributed by atoms with Gasteiger partial charge in [-0.2, -0.15) is 5.10 Å². The fourth-order valence-corrected chi connectivity index (χ4v) is 3.84. The third-order valence-electron chi connectivity index (χ3n) is 5.37. The smallest absolute Gasteiger partial charge is 0.312 e. The summed E-state index contributed by atoms with van der Waals surface area (Å²) in [5.74, 6) is -1.31. The summed E-state index contributed by atoms with van der Waals surface area (Å²) in [5, 5.41) is 11.8. The first kappa shape index (κ1) is 20.2. The Morgan fingerprint density at radius 2 is 2.16 bits per heavy atom. The van der Waals surface area contributed by atoms with Crippen LogP contribution in [0.3, 0.4) is 0 Å². The largest absolute Gasteiger partial charge is 0.413 e. The number of halogens is 3. The van der Waals surface area contributed by atoms with Crippen LogP contribution in [0.5, 0.6) is 0 Å². The number of aromatic amines is 1. The Bertz CT molecular complexity index is 1300. The molecule has 0 saturated carbocycles. The molecule has 5 rings (SSSR count). The predicted octanol–water partition coefficient (Wildman–Crippen LogP) is 3.37. The van der Waals surface area contributed by atoms with Crippen LogP contribution in [-0.4, -0.2) is 47.1 Å². The van der Waals surface area contributed by atoms with Crippen molar-refractivity contribution in [3.63, 3.8) is 0 Å². The van der Waals surface area contributed by atoms with Crippen molar-refractivity contribution in [1.29, 1.82) is 0 Å². The number of nitrogens with one attached hydrogen (secondary N) is 1. The van der Waals surface area contributed by atoms with Crippen molar-refractivity contribution in [2.45, 2.75) is 38.4 Å². The zero-order valence-corrected chi connectivity index (χ0v) is 17.1. The summed E-state index contributed by atoms with van der Waals surface area (Å²) in [6.07, 6.45) is 0.846. The van der Waals surface area contributed by atoms with E-state index in [0.717, 1.165) is 5.69 Å². The van der Waals surface area contributed by atoms with Gasteiger partial charge in [0.25, 0.3) is 12.3 Å². The quantitative estimate of drug-likeness (QED) is 0.516. The topological polar surface area (TPSA) is 105 Å². The Hall–Kier alpha value is -3.70. The molecule has 0 fully saturated rings. The lowest BCUT2D eigenvalue weighted by atomic mass is 9.99.